The summed E-state index contributed by atoms with van der Waals surface area (Å²) >= 11 is 0. The SMILES string of the molecule is CN(C)NC(=O)C1CN=C(N)NC1. The zero-order chi connectivity index (χ0) is 9.84. The van der Waals surface area contributed by atoms with Gasteiger partial charge in [0.25, 0.3) is 0 Å². The molecule has 4 N–H and O–H groups in total. The van der Waals surface area contributed by atoms with Gasteiger partial charge in [0.05, 0.1) is 12.5 Å². The molecule has 1 atom stereocenters. The van der Waals surface area contributed by atoms with Gasteiger partial charge in [-0.1, -0.05) is 0 Å². The van der Waals surface area contributed by atoms with Crippen molar-refractivity contribution in [2.24, 2.45) is 16.6 Å². The van der Waals surface area contributed by atoms with Gasteiger partial charge in [0, 0.05) is 20.6 Å². The quantitative estimate of drug-likeness (QED) is 0.439. The molecule has 0 aromatic heterocycles. The number of amides is 1. The predicted molar refractivity (Wildman–Crippen MR) is 49.8 cm³/mol. The Bertz CT molecular complexity index is 225. The largest absolute Gasteiger partial charge is 0.370 e. The minimum Gasteiger partial charge on any atom is -0.370 e. The van der Waals surface area contributed by atoms with Gasteiger partial charge in [0.1, 0.15) is 0 Å². The minimum absolute atomic E-state index is 0.0336. The number of hydrogen-bond acceptors (Lipinski definition) is 5. The molecule has 0 bridgehead atoms. The second kappa shape index (κ2) is 4.08. The molecule has 0 saturated heterocycles. The van der Waals surface area contributed by atoms with Crippen molar-refractivity contribution < 1.29 is 4.79 Å². The average molecular weight is 185 g/mol. The first-order chi connectivity index (χ1) is 6.09. The number of carbonyl (C=O) groups is 1. The van der Waals surface area contributed by atoms with E-state index in [0.717, 1.165) is 0 Å². The molecule has 0 radical (unpaired) electrons. The summed E-state index contributed by atoms with van der Waals surface area (Å²) in [6.07, 6.45) is 0. The van der Waals surface area contributed by atoms with E-state index >= 15 is 0 Å². The molecule has 74 valence electrons. The van der Waals surface area contributed by atoms with E-state index in [9.17, 15) is 4.79 Å². The van der Waals surface area contributed by atoms with Crippen LogP contribution >= 0.6 is 0 Å². The Morgan fingerprint density at radius 1 is 1.77 bits per heavy atom. The molecule has 1 unspecified atom stereocenters. The van der Waals surface area contributed by atoms with Crippen molar-refractivity contribution in [2.45, 2.75) is 0 Å². The van der Waals surface area contributed by atoms with Crippen LogP contribution in [0.3, 0.4) is 0 Å². The fourth-order valence-corrected chi connectivity index (χ4v) is 1.04. The number of carbonyl (C=O) groups excluding carboxylic acids is 1. The van der Waals surface area contributed by atoms with Gasteiger partial charge in [-0.3, -0.25) is 15.2 Å². The lowest BCUT2D eigenvalue weighted by Gasteiger charge is -2.22. The van der Waals surface area contributed by atoms with Crippen molar-refractivity contribution in [1.82, 2.24) is 15.8 Å². The van der Waals surface area contributed by atoms with E-state index in [1.165, 1.54) is 0 Å². The summed E-state index contributed by atoms with van der Waals surface area (Å²) in [7, 11) is 3.54. The minimum atomic E-state index is -0.130. The van der Waals surface area contributed by atoms with E-state index in [1.54, 1.807) is 19.1 Å². The molecule has 1 aliphatic rings. The van der Waals surface area contributed by atoms with Gasteiger partial charge in [0.2, 0.25) is 5.91 Å². The number of guanidine groups is 1. The maximum atomic E-state index is 11.4. The van der Waals surface area contributed by atoms with Gasteiger partial charge < -0.3 is 11.1 Å². The molecule has 1 aliphatic heterocycles. The average Bonchev–Trinajstić information content (AvgIpc) is 2.04. The molecule has 0 aliphatic carbocycles. The molecule has 1 amide bonds. The summed E-state index contributed by atoms with van der Waals surface area (Å²) < 4.78 is 0. The van der Waals surface area contributed by atoms with Crippen molar-refractivity contribution in [3.63, 3.8) is 0 Å². The molecule has 0 saturated carbocycles. The third-order valence-corrected chi connectivity index (χ3v) is 1.72. The third-order valence-electron chi connectivity index (χ3n) is 1.72. The molecule has 6 heteroatoms. The molecular formula is C7H15N5O. The maximum absolute atomic E-state index is 11.4. The lowest BCUT2D eigenvalue weighted by Crippen LogP contribution is -2.49. The number of nitrogens with two attached hydrogens (primary N) is 1. The molecule has 1 heterocycles. The highest BCUT2D eigenvalue weighted by molar-refractivity contribution is 5.83. The van der Waals surface area contributed by atoms with Crippen molar-refractivity contribution in [1.29, 1.82) is 0 Å². The highest BCUT2D eigenvalue weighted by atomic mass is 16.2. The molecule has 0 aromatic rings. The Balaban J connectivity index is 2.41. The lowest BCUT2D eigenvalue weighted by atomic mass is 10.1. The van der Waals surface area contributed by atoms with Crippen LogP contribution < -0.4 is 16.5 Å². The summed E-state index contributed by atoms with van der Waals surface area (Å²) in [6, 6.07) is 0. The Hall–Kier alpha value is -1.30. The number of hydrazine groups is 1. The molecular weight excluding hydrogens is 170 g/mol. The summed E-state index contributed by atoms with van der Waals surface area (Å²) in [5.41, 5.74) is 8.07. The van der Waals surface area contributed by atoms with Gasteiger partial charge in [-0.15, -0.1) is 0 Å². The van der Waals surface area contributed by atoms with Crippen molar-refractivity contribution in [3.05, 3.63) is 0 Å². The second-order valence-electron chi connectivity index (χ2n) is 3.17. The van der Waals surface area contributed by atoms with Crippen molar-refractivity contribution in [2.75, 3.05) is 27.2 Å². The Morgan fingerprint density at radius 2 is 2.46 bits per heavy atom. The Labute approximate surface area is 77.1 Å². The smallest absolute Gasteiger partial charge is 0.241 e. The van der Waals surface area contributed by atoms with Crippen molar-refractivity contribution in [3.8, 4) is 0 Å². The molecule has 13 heavy (non-hydrogen) atoms. The second-order valence-corrected chi connectivity index (χ2v) is 3.17. The first-order valence-corrected chi connectivity index (χ1v) is 4.11. The number of nitrogens with one attached hydrogen (secondary N) is 2. The molecule has 0 spiro atoms. The highest BCUT2D eigenvalue weighted by Crippen LogP contribution is 1.99. The van der Waals surface area contributed by atoms with Crippen LogP contribution in [0.4, 0.5) is 0 Å². The van der Waals surface area contributed by atoms with Crippen LogP contribution in [-0.2, 0) is 4.79 Å². The highest BCUT2D eigenvalue weighted by Gasteiger charge is 2.21. The van der Waals surface area contributed by atoms with Crippen molar-refractivity contribution >= 4 is 11.9 Å². The first-order valence-electron chi connectivity index (χ1n) is 4.11. The summed E-state index contributed by atoms with van der Waals surface area (Å²) in [5, 5.41) is 4.45. The monoisotopic (exact) mass is 185 g/mol. The number of hydrogen-bond donors (Lipinski definition) is 3. The summed E-state index contributed by atoms with van der Waals surface area (Å²) in [5.74, 6) is 0.248. The lowest BCUT2D eigenvalue weighted by molar-refractivity contribution is -0.128. The molecule has 0 fully saturated rings. The fraction of sp³-hybridized carbons (Fsp3) is 0.714. The van der Waals surface area contributed by atoms with Gasteiger partial charge in [-0.05, 0) is 0 Å². The van der Waals surface area contributed by atoms with Crippen LogP contribution in [0.5, 0.6) is 0 Å². The summed E-state index contributed by atoms with van der Waals surface area (Å²) in [6.45, 7) is 1.01. The van der Waals surface area contributed by atoms with E-state index < -0.39 is 0 Å². The molecule has 6 nitrogen and oxygen atoms in total. The Morgan fingerprint density at radius 3 is 2.92 bits per heavy atom. The fourth-order valence-electron chi connectivity index (χ4n) is 1.04. The van der Waals surface area contributed by atoms with Crippen LogP contribution in [0.25, 0.3) is 0 Å². The van der Waals surface area contributed by atoms with E-state index in [-0.39, 0.29) is 11.8 Å². The third kappa shape index (κ3) is 2.90. The molecule has 1 rings (SSSR count). The molecule has 0 aromatic carbocycles. The zero-order valence-corrected chi connectivity index (χ0v) is 7.87. The van der Waals surface area contributed by atoms with Crippen LogP contribution in [0.2, 0.25) is 0 Å². The van der Waals surface area contributed by atoms with E-state index in [2.05, 4.69) is 15.7 Å². The normalized spacial score (nSPS) is 22.1. The standard InChI is InChI=1S/C7H15N5O/c1-12(2)11-6(13)5-3-9-7(8)10-4-5/h5H,3-4H2,1-2H3,(H,11,13)(H3,8,9,10). The van der Waals surface area contributed by atoms with Gasteiger partial charge in [0.15, 0.2) is 5.96 Å². The predicted octanol–water partition coefficient (Wildman–Crippen LogP) is -1.89. The zero-order valence-electron chi connectivity index (χ0n) is 7.87. The van der Waals surface area contributed by atoms with Crippen LogP contribution in [0.15, 0.2) is 4.99 Å². The van der Waals surface area contributed by atoms with Crippen LogP contribution in [0.1, 0.15) is 0 Å². The topological polar surface area (TPSA) is 82.8 Å². The first kappa shape index (κ1) is 9.79. The van der Waals surface area contributed by atoms with E-state index in [1.807, 2.05) is 0 Å². The van der Waals surface area contributed by atoms with Crippen LogP contribution in [-0.4, -0.2) is 44.1 Å². The van der Waals surface area contributed by atoms with Gasteiger partial charge >= 0.3 is 0 Å². The maximum Gasteiger partial charge on any atom is 0.241 e. The number of rotatable bonds is 2. The summed E-state index contributed by atoms with van der Waals surface area (Å²) in [4.78, 5) is 15.4. The Kier molecular flexibility index (Phi) is 3.07. The van der Waals surface area contributed by atoms with Gasteiger partial charge in [-0.2, -0.15) is 0 Å². The van der Waals surface area contributed by atoms with Crippen LogP contribution in [0, 0.1) is 5.92 Å². The van der Waals surface area contributed by atoms with E-state index in [0.29, 0.717) is 19.0 Å². The van der Waals surface area contributed by atoms with E-state index in [4.69, 9.17) is 5.73 Å². The number of nitrogens with zero attached hydrogens (tertiary/aromatic N) is 2. The van der Waals surface area contributed by atoms with Gasteiger partial charge in [-0.25, -0.2) is 5.01 Å². The number of aliphatic imine (C=N–C) groups is 1.